The van der Waals surface area contributed by atoms with Crippen molar-refractivity contribution in [3.63, 3.8) is 0 Å². The molecule has 0 aliphatic rings. The van der Waals surface area contributed by atoms with Crippen LogP contribution in [-0.4, -0.2) is 29.2 Å². The Balaban J connectivity index is 2.32. The van der Waals surface area contributed by atoms with Crippen molar-refractivity contribution < 1.29 is 5.11 Å². The summed E-state index contributed by atoms with van der Waals surface area (Å²) in [4.78, 5) is 0. The second-order valence-corrected chi connectivity index (χ2v) is 4.89. The lowest BCUT2D eigenvalue weighted by molar-refractivity contribution is 0.0988. The normalized spacial score (nSPS) is 12.0. The zero-order valence-corrected chi connectivity index (χ0v) is 11.7. The first kappa shape index (κ1) is 12.7. The van der Waals surface area contributed by atoms with Crippen molar-refractivity contribution in [2.75, 3.05) is 0 Å². The predicted octanol–water partition coefficient (Wildman–Crippen LogP) is 0.776. The van der Waals surface area contributed by atoms with Gasteiger partial charge in [-0.1, -0.05) is 0 Å². The van der Waals surface area contributed by atoms with Crippen molar-refractivity contribution in [2.24, 2.45) is 21.1 Å². The van der Waals surface area contributed by atoms with Crippen LogP contribution in [0, 0.1) is 0 Å². The van der Waals surface area contributed by atoms with Crippen LogP contribution in [0.5, 0.6) is 0 Å². The van der Waals surface area contributed by atoms with Gasteiger partial charge in [-0.25, -0.2) is 0 Å². The van der Waals surface area contributed by atoms with Crippen LogP contribution in [0.3, 0.4) is 0 Å². The summed E-state index contributed by atoms with van der Waals surface area (Å²) < 4.78 is 5.26. The molecule has 3 aromatic heterocycles. The van der Waals surface area contributed by atoms with Gasteiger partial charge in [0.05, 0.1) is 17.1 Å². The van der Waals surface area contributed by atoms with E-state index in [4.69, 9.17) is 0 Å². The van der Waals surface area contributed by atoms with E-state index < -0.39 is 5.60 Å². The fourth-order valence-corrected chi connectivity index (χ4v) is 2.69. The van der Waals surface area contributed by atoms with E-state index in [1.54, 1.807) is 21.8 Å². The minimum atomic E-state index is -1.30. The van der Waals surface area contributed by atoms with E-state index >= 15 is 0 Å². The van der Waals surface area contributed by atoms with Crippen molar-refractivity contribution in [1.82, 2.24) is 24.1 Å². The summed E-state index contributed by atoms with van der Waals surface area (Å²) in [5.74, 6) is 0. The molecule has 0 radical (unpaired) electrons. The van der Waals surface area contributed by atoms with Gasteiger partial charge in [-0.2, -0.15) is 10.2 Å². The SMILES string of the molecule is Cn1cccc1C(O)(c1ccnn1C)c1ccnn1C. The lowest BCUT2D eigenvalue weighted by atomic mass is 9.91. The molecule has 0 amide bonds. The number of aliphatic hydroxyl groups is 1. The van der Waals surface area contributed by atoms with E-state index in [-0.39, 0.29) is 0 Å². The molecule has 0 aliphatic carbocycles. The molecule has 6 heteroatoms. The molecule has 0 aromatic carbocycles. The monoisotopic (exact) mass is 271 g/mol. The van der Waals surface area contributed by atoms with Gasteiger partial charge in [0.1, 0.15) is 0 Å². The molecule has 0 saturated heterocycles. The Kier molecular flexibility index (Phi) is 2.76. The topological polar surface area (TPSA) is 60.8 Å². The Morgan fingerprint density at radius 2 is 1.45 bits per heavy atom. The maximum atomic E-state index is 11.5. The molecular weight excluding hydrogens is 254 g/mol. The van der Waals surface area contributed by atoms with Crippen molar-refractivity contribution >= 4 is 0 Å². The third-order valence-corrected chi connectivity index (χ3v) is 3.70. The molecule has 0 saturated carbocycles. The molecule has 0 fully saturated rings. The standard InChI is InChI=1S/C14H17N5O/c1-17-10-4-5-11(17)14(20,12-6-8-15-18(12)2)13-7-9-16-19(13)3/h4-10,20H,1-3H3. The lowest BCUT2D eigenvalue weighted by Crippen LogP contribution is -2.35. The van der Waals surface area contributed by atoms with Gasteiger partial charge in [0, 0.05) is 39.7 Å². The van der Waals surface area contributed by atoms with Crippen molar-refractivity contribution in [2.45, 2.75) is 5.60 Å². The van der Waals surface area contributed by atoms with E-state index in [2.05, 4.69) is 10.2 Å². The first-order valence-electron chi connectivity index (χ1n) is 6.36. The molecule has 20 heavy (non-hydrogen) atoms. The Labute approximate surface area is 116 Å². The van der Waals surface area contributed by atoms with Crippen LogP contribution in [0.1, 0.15) is 17.1 Å². The third-order valence-electron chi connectivity index (χ3n) is 3.70. The second kappa shape index (κ2) is 4.35. The van der Waals surface area contributed by atoms with Crippen LogP contribution >= 0.6 is 0 Å². The largest absolute Gasteiger partial charge is 0.372 e. The fraction of sp³-hybridized carbons (Fsp3) is 0.286. The molecule has 104 valence electrons. The molecule has 3 heterocycles. The van der Waals surface area contributed by atoms with Gasteiger partial charge in [-0.15, -0.1) is 0 Å². The number of hydrogen-bond donors (Lipinski definition) is 1. The molecule has 3 aromatic rings. The van der Waals surface area contributed by atoms with Crippen LogP contribution in [0.25, 0.3) is 0 Å². The number of hydrogen-bond acceptors (Lipinski definition) is 3. The Hall–Kier alpha value is -2.34. The maximum Gasteiger partial charge on any atom is 0.188 e. The second-order valence-electron chi connectivity index (χ2n) is 4.89. The summed E-state index contributed by atoms with van der Waals surface area (Å²) in [6.07, 6.45) is 5.27. The van der Waals surface area contributed by atoms with E-state index in [1.807, 2.05) is 56.2 Å². The molecule has 0 spiro atoms. The highest BCUT2D eigenvalue weighted by Gasteiger charge is 2.40. The van der Waals surface area contributed by atoms with Crippen molar-refractivity contribution in [3.05, 3.63) is 59.9 Å². The van der Waals surface area contributed by atoms with Gasteiger partial charge >= 0.3 is 0 Å². The molecule has 0 aliphatic heterocycles. The smallest absolute Gasteiger partial charge is 0.188 e. The van der Waals surface area contributed by atoms with Crippen molar-refractivity contribution in [3.8, 4) is 0 Å². The van der Waals surface area contributed by atoms with Crippen LogP contribution in [0.2, 0.25) is 0 Å². The number of nitrogens with zero attached hydrogens (tertiary/aromatic N) is 5. The molecule has 1 N–H and O–H groups in total. The van der Waals surface area contributed by atoms with E-state index in [0.29, 0.717) is 11.4 Å². The maximum absolute atomic E-state index is 11.5. The predicted molar refractivity (Wildman–Crippen MR) is 73.9 cm³/mol. The third kappa shape index (κ3) is 1.61. The van der Waals surface area contributed by atoms with Crippen LogP contribution in [0.15, 0.2) is 42.9 Å². The minimum absolute atomic E-state index is 0.697. The molecule has 0 unspecified atom stereocenters. The first-order valence-corrected chi connectivity index (χ1v) is 6.36. The van der Waals surface area contributed by atoms with Crippen LogP contribution < -0.4 is 0 Å². The van der Waals surface area contributed by atoms with E-state index in [1.165, 1.54) is 0 Å². The highest BCUT2D eigenvalue weighted by molar-refractivity contribution is 5.39. The summed E-state index contributed by atoms with van der Waals surface area (Å²) in [5.41, 5.74) is 0.866. The quantitative estimate of drug-likeness (QED) is 0.765. The van der Waals surface area contributed by atoms with Gasteiger partial charge in [-0.05, 0) is 24.3 Å². The number of aryl methyl sites for hydroxylation is 3. The Morgan fingerprint density at radius 1 is 0.900 bits per heavy atom. The van der Waals surface area contributed by atoms with E-state index in [9.17, 15) is 5.11 Å². The highest BCUT2D eigenvalue weighted by Crippen LogP contribution is 2.35. The summed E-state index contributed by atoms with van der Waals surface area (Å²) in [7, 11) is 5.55. The minimum Gasteiger partial charge on any atom is -0.372 e. The summed E-state index contributed by atoms with van der Waals surface area (Å²) in [6, 6.07) is 7.45. The van der Waals surface area contributed by atoms with Gasteiger partial charge in [-0.3, -0.25) is 9.36 Å². The molecule has 0 bridgehead atoms. The number of rotatable bonds is 3. The Bertz CT molecular complexity index is 638. The van der Waals surface area contributed by atoms with Gasteiger partial charge in [0.25, 0.3) is 0 Å². The van der Waals surface area contributed by atoms with Crippen molar-refractivity contribution in [1.29, 1.82) is 0 Å². The fourth-order valence-electron chi connectivity index (χ4n) is 2.69. The highest BCUT2D eigenvalue weighted by atomic mass is 16.3. The average Bonchev–Trinajstić information content (AvgIpc) is 3.10. The summed E-state index contributed by atoms with van der Waals surface area (Å²) in [6.45, 7) is 0. The molecule has 6 nitrogen and oxygen atoms in total. The van der Waals surface area contributed by atoms with Crippen LogP contribution in [0.4, 0.5) is 0 Å². The van der Waals surface area contributed by atoms with Gasteiger partial charge in [0.2, 0.25) is 0 Å². The summed E-state index contributed by atoms with van der Waals surface area (Å²) in [5, 5.41) is 19.9. The zero-order chi connectivity index (χ0) is 14.3. The molecule has 3 rings (SSSR count). The number of aromatic nitrogens is 5. The molecular formula is C14H17N5O. The van der Waals surface area contributed by atoms with E-state index in [0.717, 1.165) is 5.69 Å². The van der Waals surface area contributed by atoms with Gasteiger partial charge in [0.15, 0.2) is 5.60 Å². The first-order chi connectivity index (χ1) is 9.55. The molecule has 0 atom stereocenters. The average molecular weight is 271 g/mol. The Morgan fingerprint density at radius 3 is 1.80 bits per heavy atom. The summed E-state index contributed by atoms with van der Waals surface area (Å²) >= 11 is 0. The van der Waals surface area contributed by atoms with Crippen LogP contribution in [-0.2, 0) is 26.7 Å². The lowest BCUT2D eigenvalue weighted by Gasteiger charge is -2.29. The van der Waals surface area contributed by atoms with Gasteiger partial charge < -0.3 is 9.67 Å². The zero-order valence-electron chi connectivity index (χ0n) is 11.7.